The summed E-state index contributed by atoms with van der Waals surface area (Å²) in [6.07, 6.45) is 4.15. The van der Waals surface area contributed by atoms with Crippen LogP contribution >= 0.6 is 11.3 Å². The number of hydrogen-bond acceptors (Lipinski definition) is 5. The van der Waals surface area contributed by atoms with E-state index < -0.39 is 0 Å². The molecule has 1 amide bonds. The summed E-state index contributed by atoms with van der Waals surface area (Å²) in [5.41, 5.74) is 5.49. The first kappa shape index (κ1) is 21.6. The van der Waals surface area contributed by atoms with Gasteiger partial charge in [0.1, 0.15) is 16.9 Å². The average molecular weight is 465 g/mol. The molecule has 0 aliphatic rings. The minimum Gasteiger partial charge on any atom is -0.463 e. The van der Waals surface area contributed by atoms with Crippen LogP contribution in [0.2, 0.25) is 0 Å². The summed E-state index contributed by atoms with van der Waals surface area (Å²) >= 11 is 1.61. The Morgan fingerprint density at radius 2 is 1.76 bits per heavy atom. The third kappa shape index (κ3) is 4.44. The maximum atomic E-state index is 12.5. The summed E-state index contributed by atoms with van der Waals surface area (Å²) < 4.78 is 5.48. The monoisotopic (exact) mass is 464 g/mol. The molecule has 0 radical (unpaired) electrons. The van der Waals surface area contributed by atoms with Crippen molar-refractivity contribution in [2.45, 2.75) is 6.92 Å². The standard InChI is InChI=1S/C28H20N2O3S/c1-18-6-2-3-7-22(18)28-30-24(17-34-28)19-10-13-21(14-11-19)29-26(31)15-12-20-16-33-25-9-5-4-8-23(25)27(20)32/h2-17H,1H3,(H,29,31)/b15-12+. The third-order valence-electron chi connectivity index (χ3n) is 5.45. The van der Waals surface area contributed by atoms with E-state index in [4.69, 9.17) is 9.40 Å². The van der Waals surface area contributed by atoms with Crippen LogP contribution in [-0.2, 0) is 4.79 Å². The van der Waals surface area contributed by atoms with Crippen molar-refractivity contribution in [3.05, 3.63) is 112 Å². The highest BCUT2D eigenvalue weighted by atomic mass is 32.1. The van der Waals surface area contributed by atoms with E-state index in [1.54, 1.807) is 35.6 Å². The molecule has 0 saturated heterocycles. The van der Waals surface area contributed by atoms with Crippen LogP contribution in [0.4, 0.5) is 5.69 Å². The molecule has 0 unspecified atom stereocenters. The zero-order chi connectivity index (χ0) is 23.5. The molecule has 5 aromatic rings. The van der Waals surface area contributed by atoms with Crippen LogP contribution in [-0.4, -0.2) is 10.9 Å². The van der Waals surface area contributed by atoms with Crippen molar-refractivity contribution >= 4 is 40.0 Å². The Balaban J connectivity index is 1.28. The molecule has 166 valence electrons. The number of hydrogen-bond donors (Lipinski definition) is 1. The van der Waals surface area contributed by atoms with Gasteiger partial charge in [0.2, 0.25) is 5.91 Å². The molecule has 5 nitrogen and oxygen atoms in total. The van der Waals surface area contributed by atoms with Crippen LogP contribution in [0, 0.1) is 6.92 Å². The van der Waals surface area contributed by atoms with Gasteiger partial charge in [0.05, 0.1) is 16.6 Å². The van der Waals surface area contributed by atoms with E-state index in [0.717, 1.165) is 21.8 Å². The third-order valence-corrected chi connectivity index (χ3v) is 6.32. The van der Waals surface area contributed by atoms with E-state index in [0.29, 0.717) is 22.2 Å². The molecule has 3 aromatic carbocycles. The molecule has 34 heavy (non-hydrogen) atoms. The van der Waals surface area contributed by atoms with Crippen molar-refractivity contribution in [2.24, 2.45) is 0 Å². The van der Waals surface area contributed by atoms with E-state index in [2.05, 4.69) is 24.4 Å². The van der Waals surface area contributed by atoms with Crippen LogP contribution in [0.15, 0.2) is 99.7 Å². The molecule has 0 aliphatic heterocycles. The van der Waals surface area contributed by atoms with Gasteiger partial charge in [-0.2, -0.15) is 0 Å². The molecule has 0 fully saturated rings. The Labute approximate surface area is 200 Å². The van der Waals surface area contributed by atoms with Crippen molar-refractivity contribution < 1.29 is 9.21 Å². The van der Waals surface area contributed by atoms with Gasteiger partial charge >= 0.3 is 0 Å². The van der Waals surface area contributed by atoms with Crippen molar-refractivity contribution in [2.75, 3.05) is 5.32 Å². The number of nitrogens with zero attached hydrogens (tertiary/aromatic N) is 1. The number of amides is 1. The lowest BCUT2D eigenvalue weighted by Crippen LogP contribution is -2.09. The van der Waals surface area contributed by atoms with Crippen molar-refractivity contribution in [1.82, 2.24) is 4.98 Å². The fourth-order valence-electron chi connectivity index (χ4n) is 3.62. The second-order valence-corrected chi connectivity index (χ2v) is 8.63. The van der Waals surface area contributed by atoms with Gasteiger partial charge < -0.3 is 9.73 Å². The molecule has 1 N–H and O–H groups in total. The average Bonchev–Trinajstić information content (AvgIpc) is 3.35. The molecular formula is C28H20N2O3S. The fourth-order valence-corrected chi connectivity index (χ4v) is 4.54. The highest BCUT2D eigenvalue weighted by Gasteiger charge is 2.09. The lowest BCUT2D eigenvalue weighted by molar-refractivity contribution is -0.111. The van der Waals surface area contributed by atoms with Crippen molar-refractivity contribution in [1.29, 1.82) is 0 Å². The predicted octanol–water partition coefficient (Wildman–Crippen LogP) is 6.54. The van der Waals surface area contributed by atoms with Gasteiger partial charge in [0.15, 0.2) is 5.43 Å². The van der Waals surface area contributed by atoms with Crippen LogP contribution in [0.3, 0.4) is 0 Å². The molecule has 2 heterocycles. The summed E-state index contributed by atoms with van der Waals surface area (Å²) in [6, 6.07) is 22.7. The second-order valence-electron chi connectivity index (χ2n) is 7.77. The van der Waals surface area contributed by atoms with Crippen LogP contribution in [0.5, 0.6) is 0 Å². The zero-order valence-electron chi connectivity index (χ0n) is 18.3. The fraction of sp³-hybridized carbons (Fsp3) is 0.0357. The number of aryl methyl sites for hydroxylation is 1. The second kappa shape index (κ2) is 9.29. The van der Waals surface area contributed by atoms with E-state index >= 15 is 0 Å². The minimum absolute atomic E-state index is 0.177. The van der Waals surface area contributed by atoms with E-state index in [-0.39, 0.29) is 11.3 Å². The van der Waals surface area contributed by atoms with E-state index in [1.807, 2.05) is 41.8 Å². The number of carbonyl (C=O) groups is 1. The van der Waals surface area contributed by atoms with Crippen LogP contribution in [0.25, 0.3) is 38.9 Å². The number of carbonyl (C=O) groups excluding carboxylic acids is 1. The Morgan fingerprint density at radius 1 is 1.00 bits per heavy atom. The maximum absolute atomic E-state index is 12.5. The quantitative estimate of drug-likeness (QED) is 0.300. The molecule has 0 bridgehead atoms. The van der Waals surface area contributed by atoms with E-state index in [9.17, 15) is 9.59 Å². The molecule has 2 aromatic heterocycles. The summed E-state index contributed by atoms with van der Waals surface area (Å²) in [7, 11) is 0. The van der Waals surface area contributed by atoms with Crippen LogP contribution < -0.4 is 10.7 Å². The van der Waals surface area contributed by atoms with Gasteiger partial charge in [0.25, 0.3) is 0 Å². The van der Waals surface area contributed by atoms with E-state index in [1.165, 1.54) is 24.0 Å². The Bertz CT molecular complexity index is 1580. The highest BCUT2D eigenvalue weighted by molar-refractivity contribution is 7.13. The highest BCUT2D eigenvalue weighted by Crippen LogP contribution is 2.31. The number of thiazole rings is 1. The molecule has 5 rings (SSSR count). The molecule has 0 aliphatic carbocycles. The molecular weight excluding hydrogens is 444 g/mol. The zero-order valence-corrected chi connectivity index (χ0v) is 19.1. The summed E-state index contributed by atoms with van der Waals surface area (Å²) in [5.74, 6) is -0.337. The normalized spacial score (nSPS) is 11.2. The Kier molecular flexibility index (Phi) is 5.89. The van der Waals surface area contributed by atoms with Gasteiger partial charge in [-0.3, -0.25) is 9.59 Å². The molecule has 0 saturated carbocycles. The number of nitrogens with one attached hydrogen (secondary N) is 1. The number of benzene rings is 3. The van der Waals surface area contributed by atoms with Gasteiger partial charge in [-0.1, -0.05) is 48.5 Å². The van der Waals surface area contributed by atoms with Crippen LogP contribution in [0.1, 0.15) is 11.1 Å². The number of aromatic nitrogens is 1. The van der Waals surface area contributed by atoms with Gasteiger partial charge in [-0.05, 0) is 42.8 Å². The lowest BCUT2D eigenvalue weighted by atomic mass is 10.1. The topological polar surface area (TPSA) is 72.2 Å². The smallest absolute Gasteiger partial charge is 0.248 e. The molecule has 0 atom stereocenters. The Morgan fingerprint density at radius 3 is 2.59 bits per heavy atom. The number of rotatable bonds is 5. The first-order valence-corrected chi connectivity index (χ1v) is 11.6. The van der Waals surface area contributed by atoms with Crippen molar-refractivity contribution in [3.8, 4) is 21.8 Å². The maximum Gasteiger partial charge on any atom is 0.248 e. The minimum atomic E-state index is -0.337. The lowest BCUT2D eigenvalue weighted by Gasteiger charge is -2.04. The first-order chi connectivity index (χ1) is 16.6. The number of anilines is 1. The first-order valence-electron chi connectivity index (χ1n) is 10.7. The Hall–Kier alpha value is -4.29. The summed E-state index contributed by atoms with van der Waals surface area (Å²) in [5, 5.41) is 6.30. The van der Waals surface area contributed by atoms with Gasteiger partial charge in [-0.25, -0.2) is 4.98 Å². The largest absolute Gasteiger partial charge is 0.463 e. The van der Waals surface area contributed by atoms with Gasteiger partial charge in [0, 0.05) is 28.3 Å². The predicted molar refractivity (Wildman–Crippen MR) is 138 cm³/mol. The number of para-hydroxylation sites is 1. The molecule has 0 spiro atoms. The summed E-state index contributed by atoms with van der Waals surface area (Å²) in [4.78, 5) is 29.7. The number of fused-ring (bicyclic) bond motifs is 1. The van der Waals surface area contributed by atoms with Gasteiger partial charge in [-0.15, -0.1) is 11.3 Å². The molecule has 6 heteroatoms. The summed E-state index contributed by atoms with van der Waals surface area (Å²) in [6.45, 7) is 2.08. The SMILES string of the molecule is Cc1ccccc1-c1nc(-c2ccc(NC(=O)/C=C/c3coc4ccccc4c3=O)cc2)cs1. The van der Waals surface area contributed by atoms with Crippen molar-refractivity contribution in [3.63, 3.8) is 0 Å².